The molecular weight excluding hydrogens is 222 g/mol. The number of nitriles is 1. The number of aromatic nitrogens is 1. The molecule has 1 aromatic heterocycles. The fourth-order valence-corrected chi connectivity index (χ4v) is 2.28. The van der Waals surface area contributed by atoms with E-state index in [2.05, 4.69) is 23.8 Å². The first-order valence-electron chi connectivity index (χ1n) is 6.43. The summed E-state index contributed by atoms with van der Waals surface area (Å²) in [7, 11) is 0. The lowest BCUT2D eigenvalue weighted by atomic mass is 10.0. The van der Waals surface area contributed by atoms with E-state index in [0.717, 1.165) is 24.9 Å². The van der Waals surface area contributed by atoms with Gasteiger partial charge < -0.3 is 10.3 Å². The molecule has 0 aliphatic carbocycles. The Morgan fingerprint density at radius 1 is 1.44 bits per heavy atom. The maximum absolute atomic E-state index is 8.99. The summed E-state index contributed by atoms with van der Waals surface area (Å²) >= 11 is 0. The van der Waals surface area contributed by atoms with Gasteiger partial charge >= 0.3 is 0 Å². The van der Waals surface area contributed by atoms with E-state index < -0.39 is 0 Å². The molecule has 3 heteroatoms. The van der Waals surface area contributed by atoms with E-state index in [4.69, 9.17) is 11.0 Å². The van der Waals surface area contributed by atoms with E-state index >= 15 is 0 Å². The minimum absolute atomic E-state index is 0.212. The summed E-state index contributed by atoms with van der Waals surface area (Å²) in [6.45, 7) is 5.10. The quantitative estimate of drug-likeness (QED) is 0.894. The Labute approximate surface area is 108 Å². The molecule has 0 saturated heterocycles. The fraction of sp³-hybridized carbons (Fsp3) is 0.400. The number of rotatable bonds is 4. The first-order chi connectivity index (χ1) is 8.65. The second kappa shape index (κ2) is 5.24. The molecule has 1 atom stereocenters. The molecule has 2 N–H and O–H groups in total. The van der Waals surface area contributed by atoms with Gasteiger partial charge in [-0.2, -0.15) is 5.26 Å². The van der Waals surface area contributed by atoms with Crippen LogP contribution in [-0.4, -0.2) is 10.6 Å². The van der Waals surface area contributed by atoms with Gasteiger partial charge in [0.05, 0.1) is 11.6 Å². The normalized spacial score (nSPS) is 12.6. The molecule has 18 heavy (non-hydrogen) atoms. The molecule has 2 rings (SSSR count). The molecule has 0 amide bonds. The standard InChI is InChI=1S/C15H19N3/c1-3-18-10-13(6-4-11(2)17)14-8-12(9-16)5-7-15(14)18/h5,7-8,10-11H,3-4,6,17H2,1-2H3. The van der Waals surface area contributed by atoms with Crippen molar-refractivity contribution in [1.82, 2.24) is 4.57 Å². The largest absolute Gasteiger partial charge is 0.347 e. The molecule has 3 nitrogen and oxygen atoms in total. The Balaban J connectivity index is 2.47. The zero-order chi connectivity index (χ0) is 13.1. The van der Waals surface area contributed by atoms with E-state index in [0.29, 0.717) is 0 Å². The molecule has 1 aromatic carbocycles. The van der Waals surface area contributed by atoms with Crippen LogP contribution in [0.15, 0.2) is 24.4 Å². The molecule has 2 aromatic rings. The lowest BCUT2D eigenvalue weighted by Gasteiger charge is -2.03. The highest BCUT2D eigenvalue weighted by Crippen LogP contribution is 2.24. The average molecular weight is 241 g/mol. The van der Waals surface area contributed by atoms with Crippen molar-refractivity contribution in [2.75, 3.05) is 0 Å². The Bertz CT molecular complexity index is 588. The van der Waals surface area contributed by atoms with Crippen LogP contribution < -0.4 is 5.73 Å². The van der Waals surface area contributed by atoms with Gasteiger partial charge in [-0.25, -0.2) is 0 Å². The van der Waals surface area contributed by atoms with Crippen molar-refractivity contribution >= 4 is 10.9 Å². The number of nitrogens with two attached hydrogens (primary N) is 1. The van der Waals surface area contributed by atoms with E-state index in [1.54, 1.807) is 0 Å². The third-order valence-electron chi connectivity index (χ3n) is 3.30. The van der Waals surface area contributed by atoms with Crippen LogP contribution in [0.1, 0.15) is 31.4 Å². The highest BCUT2D eigenvalue weighted by atomic mass is 14.9. The molecule has 1 heterocycles. The zero-order valence-electron chi connectivity index (χ0n) is 11.0. The predicted octanol–water partition coefficient (Wildman–Crippen LogP) is 2.81. The molecule has 0 radical (unpaired) electrons. The van der Waals surface area contributed by atoms with Crippen LogP contribution in [0.25, 0.3) is 10.9 Å². The van der Waals surface area contributed by atoms with Gasteiger partial charge in [-0.15, -0.1) is 0 Å². The summed E-state index contributed by atoms with van der Waals surface area (Å²) in [5.74, 6) is 0. The summed E-state index contributed by atoms with van der Waals surface area (Å²) in [5.41, 5.74) is 9.04. The van der Waals surface area contributed by atoms with Gasteiger partial charge in [0, 0.05) is 29.7 Å². The van der Waals surface area contributed by atoms with Crippen molar-refractivity contribution in [3.63, 3.8) is 0 Å². The molecule has 0 saturated carbocycles. The van der Waals surface area contributed by atoms with Crippen LogP contribution >= 0.6 is 0 Å². The van der Waals surface area contributed by atoms with Crippen molar-refractivity contribution in [1.29, 1.82) is 5.26 Å². The van der Waals surface area contributed by atoms with E-state index in [1.807, 2.05) is 25.1 Å². The number of aryl methyl sites for hydroxylation is 2. The SMILES string of the molecule is CCn1cc(CCC(C)N)c2cc(C#N)ccc21. The van der Waals surface area contributed by atoms with Crippen molar-refractivity contribution < 1.29 is 0 Å². The lowest BCUT2D eigenvalue weighted by Crippen LogP contribution is -2.15. The summed E-state index contributed by atoms with van der Waals surface area (Å²) in [6, 6.07) is 8.31. The van der Waals surface area contributed by atoms with Gasteiger partial charge in [0.2, 0.25) is 0 Å². The number of hydrogen-bond acceptors (Lipinski definition) is 2. The maximum atomic E-state index is 8.99. The molecular formula is C15H19N3. The van der Waals surface area contributed by atoms with Gasteiger partial charge in [-0.3, -0.25) is 0 Å². The van der Waals surface area contributed by atoms with Crippen LogP contribution in [0, 0.1) is 11.3 Å². The minimum atomic E-state index is 0.212. The summed E-state index contributed by atoms with van der Waals surface area (Å²) in [5, 5.41) is 10.2. The van der Waals surface area contributed by atoms with Crippen LogP contribution in [0.2, 0.25) is 0 Å². The smallest absolute Gasteiger partial charge is 0.0991 e. The average Bonchev–Trinajstić information content (AvgIpc) is 2.73. The molecule has 1 unspecified atom stereocenters. The van der Waals surface area contributed by atoms with Gasteiger partial charge in [0.15, 0.2) is 0 Å². The van der Waals surface area contributed by atoms with Crippen LogP contribution in [0.4, 0.5) is 0 Å². The molecule has 0 spiro atoms. The molecule has 94 valence electrons. The zero-order valence-corrected chi connectivity index (χ0v) is 11.0. The lowest BCUT2D eigenvalue weighted by molar-refractivity contribution is 0.665. The van der Waals surface area contributed by atoms with Crippen LogP contribution in [0.3, 0.4) is 0 Å². The van der Waals surface area contributed by atoms with Gasteiger partial charge in [-0.1, -0.05) is 0 Å². The third kappa shape index (κ3) is 2.39. The monoisotopic (exact) mass is 241 g/mol. The second-order valence-corrected chi connectivity index (χ2v) is 4.80. The Morgan fingerprint density at radius 3 is 2.83 bits per heavy atom. The van der Waals surface area contributed by atoms with Gasteiger partial charge in [0.25, 0.3) is 0 Å². The predicted molar refractivity (Wildman–Crippen MR) is 74.3 cm³/mol. The van der Waals surface area contributed by atoms with Crippen molar-refractivity contribution in [2.45, 2.75) is 39.3 Å². The highest BCUT2D eigenvalue weighted by molar-refractivity contribution is 5.85. The van der Waals surface area contributed by atoms with Crippen molar-refractivity contribution in [3.8, 4) is 6.07 Å². The minimum Gasteiger partial charge on any atom is -0.347 e. The van der Waals surface area contributed by atoms with E-state index in [1.165, 1.54) is 16.5 Å². The molecule has 0 aliphatic rings. The Kier molecular flexibility index (Phi) is 3.69. The topological polar surface area (TPSA) is 54.7 Å². The van der Waals surface area contributed by atoms with Crippen LogP contribution in [0.5, 0.6) is 0 Å². The molecule has 0 aliphatic heterocycles. The highest BCUT2D eigenvalue weighted by Gasteiger charge is 2.09. The van der Waals surface area contributed by atoms with Gasteiger partial charge in [-0.05, 0) is 50.5 Å². The first kappa shape index (κ1) is 12.7. The number of benzene rings is 1. The summed E-state index contributed by atoms with van der Waals surface area (Å²) in [6.07, 6.45) is 4.13. The van der Waals surface area contributed by atoms with Crippen molar-refractivity contribution in [2.24, 2.45) is 5.73 Å². The third-order valence-corrected chi connectivity index (χ3v) is 3.30. The summed E-state index contributed by atoms with van der Waals surface area (Å²) < 4.78 is 2.23. The first-order valence-corrected chi connectivity index (χ1v) is 6.43. The maximum Gasteiger partial charge on any atom is 0.0991 e. The van der Waals surface area contributed by atoms with Crippen LogP contribution in [-0.2, 0) is 13.0 Å². The Morgan fingerprint density at radius 2 is 2.22 bits per heavy atom. The van der Waals surface area contributed by atoms with E-state index in [9.17, 15) is 0 Å². The number of fused-ring (bicyclic) bond motifs is 1. The molecule has 0 fully saturated rings. The summed E-state index contributed by atoms with van der Waals surface area (Å²) in [4.78, 5) is 0. The van der Waals surface area contributed by atoms with E-state index in [-0.39, 0.29) is 6.04 Å². The molecule has 0 bridgehead atoms. The van der Waals surface area contributed by atoms with Gasteiger partial charge in [0.1, 0.15) is 0 Å². The number of nitrogens with zero attached hydrogens (tertiary/aromatic N) is 2. The van der Waals surface area contributed by atoms with Crippen molar-refractivity contribution in [3.05, 3.63) is 35.5 Å². The fourth-order valence-electron chi connectivity index (χ4n) is 2.28. The number of hydrogen-bond donors (Lipinski definition) is 1. The Hall–Kier alpha value is -1.79. The second-order valence-electron chi connectivity index (χ2n) is 4.80.